The van der Waals surface area contributed by atoms with Crippen LogP contribution in [-0.2, 0) is 13.1 Å². The van der Waals surface area contributed by atoms with Crippen molar-refractivity contribution in [1.82, 2.24) is 5.32 Å². The molecule has 0 bridgehead atoms. The van der Waals surface area contributed by atoms with Gasteiger partial charge in [0.25, 0.3) is 0 Å². The van der Waals surface area contributed by atoms with Crippen LogP contribution in [0.1, 0.15) is 16.0 Å². The standard InChI is InChI=1S/C14H15NO2S.ClH/c1-10-4-5-18-14(10)8-15-7-11-2-3-12-13(6-11)17-9-16-12;/h2-6,15H,7-9H2,1H3;1H. The summed E-state index contributed by atoms with van der Waals surface area (Å²) in [5.41, 5.74) is 2.58. The molecule has 0 aliphatic carbocycles. The van der Waals surface area contributed by atoms with E-state index in [1.807, 2.05) is 12.1 Å². The van der Waals surface area contributed by atoms with Crippen LogP contribution in [0.3, 0.4) is 0 Å². The number of rotatable bonds is 4. The van der Waals surface area contributed by atoms with Crippen molar-refractivity contribution in [2.45, 2.75) is 20.0 Å². The van der Waals surface area contributed by atoms with E-state index in [4.69, 9.17) is 9.47 Å². The molecule has 2 aromatic rings. The van der Waals surface area contributed by atoms with Gasteiger partial charge in [-0.25, -0.2) is 0 Å². The molecule has 19 heavy (non-hydrogen) atoms. The van der Waals surface area contributed by atoms with Crippen molar-refractivity contribution in [3.63, 3.8) is 0 Å². The van der Waals surface area contributed by atoms with Crippen LogP contribution in [0, 0.1) is 6.92 Å². The fraction of sp³-hybridized carbons (Fsp3) is 0.286. The van der Waals surface area contributed by atoms with Gasteiger partial charge >= 0.3 is 0 Å². The maximum absolute atomic E-state index is 5.36. The smallest absolute Gasteiger partial charge is 0.231 e. The Morgan fingerprint density at radius 2 is 2.00 bits per heavy atom. The van der Waals surface area contributed by atoms with Gasteiger partial charge in [0.1, 0.15) is 0 Å². The van der Waals surface area contributed by atoms with E-state index in [1.165, 1.54) is 16.0 Å². The van der Waals surface area contributed by atoms with E-state index in [-0.39, 0.29) is 12.4 Å². The number of hydrogen-bond donors (Lipinski definition) is 1. The van der Waals surface area contributed by atoms with E-state index in [0.29, 0.717) is 6.79 Å². The van der Waals surface area contributed by atoms with Gasteiger partial charge in [-0.15, -0.1) is 23.7 Å². The zero-order valence-electron chi connectivity index (χ0n) is 10.6. The maximum atomic E-state index is 5.36. The highest BCUT2D eigenvalue weighted by atomic mass is 35.5. The van der Waals surface area contributed by atoms with E-state index >= 15 is 0 Å². The van der Waals surface area contributed by atoms with Crippen LogP contribution in [0.2, 0.25) is 0 Å². The van der Waals surface area contributed by atoms with Crippen molar-refractivity contribution in [3.05, 3.63) is 45.6 Å². The lowest BCUT2D eigenvalue weighted by Gasteiger charge is -2.05. The molecule has 0 spiro atoms. The molecule has 0 atom stereocenters. The first-order valence-corrected chi connectivity index (χ1v) is 6.83. The molecule has 102 valence electrons. The van der Waals surface area contributed by atoms with Gasteiger partial charge in [-0.2, -0.15) is 0 Å². The number of hydrogen-bond acceptors (Lipinski definition) is 4. The normalized spacial score (nSPS) is 12.3. The SMILES string of the molecule is Cc1ccsc1CNCc1ccc2c(c1)OCO2.Cl. The molecule has 1 aliphatic rings. The molecule has 0 unspecified atom stereocenters. The molecule has 1 aromatic carbocycles. The van der Waals surface area contributed by atoms with Crippen LogP contribution in [0.15, 0.2) is 29.6 Å². The van der Waals surface area contributed by atoms with Gasteiger partial charge < -0.3 is 14.8 Å². The molecule has 0 radical (unpaired) electrons. The summed E-state index contributed by atoms with van der Waals surface area (Å²) in [5.74, 6) is 1.69. The molecule has 5 heteroatoms. The summed E-state index contributed by atoms with van der Waals surface area (Å²) in [5, 5.41) is 5.58. The Morgan fingerprint density at radius 1 is 1.16 bits per heavy atom. The summed E-state index contributed by atoms with van der Waals surface area (Å²) in [6, 6.07) is 8.23. The average molecular weight is 298 g/mol. The number of benzene rings is 1. The van der Waals surface area contributed by atoms with Crippen molar-refractivity contribution < 1.29 is 9.47 Å². The summed E-state index contributed by atoms with van der Waals surface area (Å²) in [7, 11) is 0. The Morgan fingerprint density at radius 3 is 2.79 bits per heavy atom. The number of ether oxygens (including phenoxy) is 2. The quantitative estimate of drug-likeness (QED) is 0.937. The minimum Gasteiger partial charge on any atom is -0.454 e. The van der Waals surface area contributed by atoms with Crippen molar-refractivity contribution in [1.29, 1.82) is 0 Å². The molecule has 1 N–H and O–H groups in total. The summed E-state index contributed by atoms with van der Waals surface area (Å²) < 4.78 is 10.7. The van der Waals surface area contributed by atoms with Crippen LogP contribution in [-0.4, -0.2) is 6.79 Å². The molecule has 2 heterocycles. The van der Waals surface area contributed by atoms with Crippen molar-refractivity contribution in [2.75, 3.05) is 6.79 Å². The number of fused-ring (bicyclic) bond motifs is 1. The van der Waals surface area contributed by atoms with Gasteiger partial charge in [0.2, 0.25) is 6.79 Å². The third kappa shape index (κ3) is 3.21. The second-order valence-electron chi connectivity index (χ2n) is 4.32. The first-order chi connectivity index (χ1) is 8.83. The van der Waals surface area contributed by atoms with Gasteiger partial charge in [-0.1, -0.05) is 6.07 Å². The summed E-state index contributed by atoms with van der Waals surface area (Å²) in [6.45, 7) is 4.24. The third-order valence-corrected chi connectivity index (χ3v) is 4.04. The van der Waals surface area contributed by atoms with Gasteiger partial charge in [-0.05, 0) is 41.6 Å². The lowest BCUT2D eigenvalue weighted by molar-refractivity contribution is 0.174. The van der Waals surface area contributed by atoms with E-state index in [9.17, 15) is 0 Å². The molecule has 3 rings (SSSR count). The number of nitrogens with one attached hydrogen (secondary N) is 1. The number of thiophene rings is 1. The average Bonchev–Trinajstić information content (AvgIpc) is 2.98. The van der Waals surface area contributed by atoms with Crippen LogP contribution in [0.5, 0.6) is 11.5 Å². The minimum absolute atomic E-state index is 0. The fourth-order valence-electron chi connectivity index (χ4n) is 1.96. The van der Waals surface area contributed by atoms with Crippen molar-refractivity contribution in [3.8, 4) is 11.5 Å². The van der Waals surface area contributed by atoms with Crippen LogP contribution in [0.4, 0.5) is 0 Å². The maximum Gasteiger partial charge on any atom is 0.231 e. The van der Waals surface area contributed by atoms with Crippen LogP contribution < -0.4 is 14.8 Å². The predicted octanol–water partition coefficient (Wildman–Crippen LogP) is 3.50. The zero-order valence-corrected chi connectivity index (χ0v) is 12.3. The first kappa shape index (κ1) is 14.2. The predicted molar refractivity (Wildman–Crippen MR) is 79.4 cm³/mol. The Bertz CT molecular complexity index is 556. The summed E-state index contributed by atoms with van der Waals surface area (Å²) in [4.78, 5) is 1.40. The van der Waals surface area contributed by atoms with Gasteiger partial charge in [0.15, 0.2) is 11.5 Å². The van der Waals surface area contributed by atoms with Gasteiger partial charge in [0, 0.05) is 18.0 Å². The van der Waals surface area contributed by atoms with E-state index in [0.717, 1.165) is 24.6 Å². The molecule has 3 nitrogen and oxygen atoms in total. The second kappa shape index (κ2) is 6.28. The Labute approximate surface area is 123 Å². The molecule has 1 aliphatic heterocycles. The lowest BCUT2D eigenvalue weighted by atomic mass is 10.2. The summed E-state index contributed by atoms with van der Waals surface area (Å²) >= 11 is 1.80. The second-order valence-corrected chi connectivity index (χ2v) is 5.32. The Kier molecular flexibility index (Phi) is 4.69. The van der Waals surface area contributed by atoms with E-state index in [2.05, 4.69) is 29.8 Å². The topological polar surface area (TPSA) is 30.5 Å². The molecule has 0 saturated heterocycles. The van der Waals surface area contributed by atoms with Crippen molar-refractivity contribution >= 4 is 23.7 Å². The van der Waals surface area contributed by atoms with Crippen LogP contribution in [0.25, 0.3) is 0 Å². The highest BCUT2D eigenvalue weighted by molar-refractivity contribution is 7.10. The van der Waals surface area contributed by atoms with Crippen LogP contribution >= 0.6 is 23.7 Å². The monoisotopic (exact) mass is 297 g/mol. The molecular formula is C14H16ClNO2S. The highest BCUT2D eigenvalue weighted by Crippen LogP contribution is 2.32. The van der Waals surface area contributed by atoms with Crippen molar-refractivity contribution in [2.24, 2.45) is 0 Å². The minimum atomic E-state index is 0. The third-order valence-electron chi connectivity index (χ3n) is 3.02. The van der Waals surface area contributed by atoms with Gasteiger partial charge in [0.05, 0.1) is 0 Å². The Balaban J connectivity index is 0.00000133. The molecular weight excluding hydrogens is 282 g/mol. The molecule has 1 aromatic heterocycles. The molecule has 0 saturated carbocycles. The number of halogens is 1. The highest BCUT2D eigenvalue weighted by Gasteiger charge is 2.12. The lowest BCUT2D eigenvalue weighted by Crippen LogP contribution is -2.12. The first-order valence-electron chi connectivity index (χ1n) is 5.95. The summed E-state index contributed by atoms with van der Waals surface area (Å²) in [6.07, 6.45) is 0. The largest absolute Gasteiger partial charge is 0.454 e. The van der Waals surface area contributed by atoms with E-state index < -0.39 is 0 Å². The fourth-order valence-corrected chi connectivity index (χ4v) is 2.83. The van der Waals surface area contributed by atoms with Gasteiger partial charge in [-0.3, -0.25) is 0 Å². The molecule has 0 amide bonds. The zero-order chi connectivity index (χ0) is 12.4. The molecule has 0 fully saturated rings. The Hall–Kier alpha value is -1.23. The van der Waals surface area contributed by atoms with E-state index in [1.54, 1.807) is 11.3 Å². The number of aryl methyl sites for hydroxylation is 1.